The Balaban J connectivity index is 1.80. The first-order valence-corrected chi connectivity index (χ1v) is 9.59. The molecule has 0 bridgehead atoms. The molecule has 0 saturated heterocycles. The number of carbonyl (C=O) groups excluding carboxylic acids is 1. The van der Waals surface area contributed by atoms with E-state index in [2.05, 4.69) is 56.2 Å². The third-order valence-electron chi connectivity index (χ3n) is 5.57. The summed E-state index contributed by atoms with van der Waals surface area (Å²) in [6, 6.07) is 14.3. The standard InChI is InChI=1S/C23H30N2O2/c1-16-18-11-8-9-17(19(18)13-14-25(16)4)15-23(2,3)24-22(26)20-10-6-7-12-21(20)27-5/h6-12,16H,13-15H2,1-5H3,(H,24,26). The minimum absolute atomic E-state index is 0.102. The molecule has 1 aliphatic heterocycles. The van der Waals surface area contributed by atoms with Crippen molar-refractivity contribution >= 4 is 5.91 Å². The molecule has 0 aromatic heterocycles. The van der Waals surface area contributed by atoms with Gasteiger partial charge in [0.2, 0.25) is 0 Å². The largest absolute Gasteiger partial charge is 0.496 e. The van der Waals surface area contributed by atoms with E-state index in [9.17, 15) is 4.79 Å². The van der Waals surface area contributed by atoms with Crippen LogP contribution in [0.2, 0.25) is 0 Å². The molecule has 4 heteroatoms. The fourth-order valence-corrected chi connectivity index (χ4v) is 3.96. The molecule has 0 spiro atoms. The van der Waals surface area contributed by atoms with Gasteiger partial charge in [0.1, 0.15) is 5.75 Å². The molecule has 0 saturated carbocycles. The Morgan fingerprint density at radius 1 is 1.22 bits per heavy atom. The number of hydrogen-bond acceptors (Lipinski definition) is 3. The summed E-state index contributed by atoms with van der Waals surface area (Å²) >= 11 is 0. The molecule has 2 aromatic rings. The van der Waals surface area contributed by atoms with Crippen molar-refractivity contribution in [1.82, 2.24) is 10.2 Å². The summed E-state index contributed by atoms with van der Waals surface area (Å²) in [5.74, 6) is 0.495. The summed E-state index contributed by atoms with van der Waals surface area (Å²) in [6.07, 6.45) is 1.86. The quantitative estimate of drug-likeness (QED) is 0.870. The normalized spacial score (nSPS) is 17.3. The molecule has 1 aliphatic rings. The Labute approximate surface area is 162 Å². The molecule has 1 atom stereocenters. The van der Waals surface area contributed by atoms with Crippen molar-refractivity contribution in [3.05, 3.63) is 64.7 Å². The maximum atomic E-state index is 12.8. The number of methoxy groups -OCH3 is 1. The molecule has 0 aliphatic carbocycles. The SMILES string of the molecule is COc1ccccc1C(=O)NC(C)(C)Cc1cccc2c1CCN(C)C2C. The number of fused-ring (bicyclic) bond motifs is 1. The lowest BCUT2D eigenvalue weighted by Gasteiger charge is -2.35. The third-order valence-corrected chi connectivity index (χ3v) is 5.57. The van der Waals surface area contributed by atoms with E-state index in [1.165, 1.54) is 16.7 Å². The number of carbonyl (C=O) groups is 1. The van der Waals surface area contributed by atoms with Crippen LogP contribution in [0.5, 0.6) is 5.75 Å². The van der Waals surface area contributed by atoms with Crippen LogP contribution in [0.15, 0.2) is 42.5 Å². The van der Waals surface area contributed by atoms with Crippen LogP contribution >= 0.6 is 0 Å². The summed E-state index contributed by atoms with van der Waals surface area (Å²) in [5, 5.41) is 3.19. The smallest absolute Gasteiger partial charge is 0.255 e. The van der Waals surface area contributed by atoms with Crippen molar-refractivity contribution in [2.24, 2.45) is 0 Å². The Kier molecular flexibility index (Phi) is 5.56. The zero-order chi connectivity index (χ0) is 19.6. The molecule has 144 valence electrons. The van der Waals surface area contributed by atoms with Crippen molar-refractivity contribution in [3.63, 3.8) is 0 Å². The zero-order valence-electron chi connectivity index (χ0n) is 17.0. The van der Waals surface area contributed by atoms with Crippen LogP contribution in [0.3, 0.4) is 0 Å². The lowest BCUT2D eigenvalue weighted by molar-refractivity contribution is 0.0909. The summed E-state index contributed by atoms with van der Waals surface area (Å²) < 4.78 is 5.33. The Hall–Kier alpha value is -2.33. The molecule has 3 rings (SSSR count). The van der Waals surface area contributed by atoms with Crippen LogP contribution in [0.4, 0.5) is 0 Å². The second-order valence-electron chi connectivity index (χ2n) is 8.11. The zero-order valence-corrected chi connectivity index (χ0v) is 17.0. The second-order valence-corrected chi connectivity index (χ2v) is 8.11. The van der Waals surface area contributed by atoms with Crippen molar-refractivity contribution in [2.45, 2.75) is 45.2 Å². The van der Waals surface area contributed by atoms with Gasteiger partial charge in [0, 0.05) is 18.1 Å². The van der Waals surface area contributed by atoms with Crippen molar-refractivity contribution in [2.75, 3.05) is 20.7 Å². The third kappa shape index (κ3) is 4.16. The number of nitrogens with one attached hydrogen (secondary N) is 1. The van der Waals surface area contributed by atoms with Gasteiger partial charge in [-0.15, -0.1) is 0 Å². The van der Waals surface area contributed by atoms with Gasteiger partial charge in [0.15, 0.2) is 0 Å². The van der Waals surface area contributed by atoms with Gasteiger partial charge in [-0.05, 0) is 69.5 Å². The lowest BCUT2D eigenvalue weighted by Crippen LogP contribution is -2.45. The van der Waals surface area contributed by atoms with E-state index >= 15 is 0 Å². The van der Waals surface area contributed by atoms with E-state index in [1.807, 2.05) is 18.2 Å². The topological polar surface area (TPSA) is 41.6 Å². The highest BCUT2D eigenvalue weighted by Crippen LogP contribution is 2.32. The van der Waals surface area contributed by atoms with E-state index in [-0.39, 0.29) is 11.4 Å². The molecule has 1 amide bonds. The van der Waals surface area contributed by atoms with E-state index in [0.29, 0.717) is 17.4 Å². The van der Waals surface area contributed by atoms with Crippen LogP contribution < -0.4 is 10.1 Å². The summed E-state index contributed by atoms with van der Waals surface area (Å²) in [4.78, 5) is 15.2. The Bertz CT molecular complexity index is 829. The van der Waals surface area contributed by atoms with Crippen LogP contribution in [0, 0.1) is 0 Å². The van der Waals surface area contributed by atoms with Gasteiger partial charge >= 0.3 is 0 Å². The number of rotatable bonds is 5. The minimum atomic E-state index is -0.361. The molecular formula is C23H30N2O2. The number of hydrogen-bond donors (Lipinski definition) is 1. The first-order chi connectivity index (χ1) is 12.8. The van der Waals surface area contributed by atoms with Crippen molar-refractivity contribution in [1.29, 1.82) is 0 Å². The number of benzene rings is 2. The highest BCUT2D eigenvalue weighted by molar-refractivity contribution is 5.97. The fourth-order valence-electron chi connectivity index (χ4n) is 3.96. The average Bonchev–Trinajstić information content (AvgIpc) is 2.64. The summed E-state index contributed by atoms with van der Waals surface area (Å²) in [6.45, 7) is 7.49. The van der Waals surface area contributed by atoms with Crippen LogP contribution in [-0.4, -0.2) is 37.0 Å². The number of likely N-dealkylation sites (N-methyl/N-ethyl adjacent to an activating group) is 1. The van der Waals surface area contributed by atoms with Crippen molar-refractivity contribution < 1.29 is 9.53 Å². The fraction of sp³-hybridized carbons (Fsp3) is 0.435. The van der Waals surface area contributed by atoms with Gasteiger partial charge in [-0.3, -0.25) is 9.69 Å². The maximum absolute atomic E-state index is 12.8. The van der Waals surface area contributed by atoms with Crippen LogP contribution in [0.1, 0.15) is 53.9 Å². The highest BCUT2D eigenvalue weighted by Gasteiger charge is 2.27. The molecule has 1 N–H and O–H groups in total. The summed E-state index contributed by atoms with van der Waals surface area (Å²) in [5.41, 5.74) is 4.40. The van der Waals surface area contributed by atoms with E-state index in [0.717, 1.165) is 19.4 Å². The molecular weight excluding hydrogens is 336 g/mol. The van der Waals surface area contributed by atoms with Gasteiger partial charge in [-0.2, -0.15) is 0 Å². The average molecular weight is 367 g/mol. The first-order valence-electron chi connectivity index (χ1n) is 9.59. The number of para-hydroxylation sites is 1. The maximum Gasteiger partial charge on any atom is 0.255 e. The Morgan fingerprint density at radius 2 is 1.96 bits per heavy atom. The van der Waals surface area contributed by atoms with E-state index in [4.69, 9.17) is 4.74 Å². The van der Waals surface area contributed by atoms with E-state index in [1.54, 1.807) is 13.2 Å². The van der Waals surface area contributed by atoms with Gasteiger partial charge in [-0.25, -0.2) is 0 Å². The number of amides is 1. The number of ether oxygens (including phenoxy) is 1. The van der Waals surface area contributed by atoms with Gasteiger partial charge in [0.25, 0.3) is 5.91 Å². The summed E-state index contributed by atoms with van der Waals surface area (Å²) in [7, 11) is 3.77. The van der Waals surface area contributed by atoms with Gasteiger partial charge in [0.05, 0.1) is 12.7 Å². The van der Waals surface area contributed by atoms with Gasteiger partial charge in [-0.1, -0.05) is 30.3 Å². The van der Waals surface area contributed by atoms with Crippen LogP contribution in [-0.2, 0) is 12.8 Å². The molecule has 1 unspecified atom stereocenters. The van der Waals surface area contributed by atoms with Crippen LogP contribution in [0.25, 0.3) is 0 Å². The monoisotopic (exact) mass is 366 g/mol. The second kappa shape index (κ2) is 7.73. The molecule has 4 nitrogen and oxygen atoms in total. The highest BCUT2D eigenvalue weighted by atomic mass is 16.5. The number of nitrogens with zero attached hydrogens (tertiary/aromatic N) is 1. The molecule has 0 radical (unpaired) electrons. The molecule has 2 aromatic carbocycles. The minimum Gasteiger partial charge on any atom is -0.496 e. The Morgan fingerprint density at radius 3 is 2.70 bits per heavy atom. The molecule has 27 heavy (non-hydrogen) atoms. The molecule has 1 heterocycles. The van der Waals surface area contributed by atoms with E-state index < -0.39 is 0 Å². The molecule has 0 fully saturated rings. The predicted molar refractivity (Wildman–Crippen MR) is 109 cm³/mol. The van der Waals surface area contributed by atoms with Crippen molar-refractivity contribution in [3.8, 4) is 5.75 Å². The van der Waals surface area contributed by atoms with Gasteiger partial charge < -0.3 is 10.1 Å². The lowest BCUT2D eigenvalue weighted by atomic mass is 9.85. The first kappa shape index (κ1) is 19.4. The predicted octanol–water partition coefficient (Wildman–Crippen LogP) is 4.00.